The highest BCUT2D eigenvalue weighted by atomic mass is 32.3. The Hall–Kier alpha value is -1.47. The predicted octanol–water partition coefficient (Wildman–Crippen LogP) is 2.35. The molecule has 0 aromatic rings. The molecule has 0 radical (unpaired) electrons. The molecule has 1 heterocycles. The van der Waals surface area contributed by atoms with Gasteiger partial charge in [0.1, 0.15) is 6.10 Å². The first-order chi connectivity index (χ1) is 21.5. The maximum absolute atomic E-state index is 12.9. The summed E-state index contributed by atoms with van der Waals surface area (Å²) in [6.45, 7) is 6.86. The van der Waals surface area contributed by atoms with Gasteiger partial charge in [-0.2, -0.15) is 13.3 Å². The average molecular weight is 681 g/mol. The Balaban J connectivity index is 1.49. The molecular formula is C30H48O15S. The molecule has 0 aromatic carbocycles. The van der Waals surface area contributed by atoms with Gasteiger partial charge in [0.25, 0.3) is 0 Å². The summed E-state index contributed by atoms with van der Waals surface area (Å²) in [4.78, 5) is 30.4. The van der Waals surface area contributed by atoms with Gasteiger partial charge in [0, 0.05) is 11.8 Å². The van der Waals surface area contributed by atoms with Crippen LogP contribution >= 0.6 is 0 Å². The molecule has 4 aliphatic carbocycles. The molecule has 5 fully saturated rings. The summed E-state index contributed by atoms with van der Waals surface area (Å²) in [6.07, 6.45) is -5.25. The summed E-state index contributed by atoms with van der Waals surface area (Å²) in [6, 6.07) is 0. The van der Waals surface area contributed by atoms with Gasteiger partial charge in [-0.1, -0.05) is 32.7 Å². The minimum Gasteiger partial charge on any atom is -0.481 e. The van der Waals surface area contributed by atoms with Crippen LogP contribution in [0.5, 0.6) is 0 Å². The fraction of sp³-hybridized carbons (Fsp3) is 0.933. The zero-order valence-electron chi connectivity index (χ0n) is 26.6. The molecule has 14 atom stereocenters. The molecule has 1 aliphatic heterocycles. The minimum absolute atomic E-state index is 0.0374. The van der Waals surface area contributed by atoms with Gasteiger partial charge in [0.05, 0.1) is 24.7 Å². The van der Waals surface area contributed by atoms with Crippen molar-refractivity contribution in [3.8, 4) is 0 Å². The van der Waals surface area contributed by atoms with Crippen molar-refractivity contribution in [2.45, 2.75) is 122 Å². The normalized spacial score (nSPS) is 45.6. The van der Waals surface area contributed by atoms with E-state index in [0.717, 1.165) is 25.7 Å². The van der Waals surface area contributed by atoms with Crippen molar-refractivity contribution in [1.29, 1.82) is 0 Å². The van der Waals surface area contributed by atoms with Crippen molar-refractivity contribution >= 4 is 22.3 Å². The summed E-state index contributed by atoms with van der Waals surface area (Å²) in [5.74, 6) is -2.29. The van der Waals surface area contributed by atoms with Crippen LogP contribution in [-0.4, -0.2) is 95.0 Å². The van der Waals surface area contributed by atoms with E-state index < -0.39 is 83.2 Å². The van der Waals surface area contributed by atoms with Crippen molar-refractivity contribution < 1.29 is 71.5 Å². The molecule has 1 spiro atoms. The maximum Gasteiger partial charge on any atom is 0.397 e. The van der Waals surface area contributed by atoms with Gasteiger partial charge in [-0.25, -0.2) is 9.44 Å². The van der Waals surface area contributed by atoms with E-state index >= 15 is 0 Å². The van der Waals surface area contributed by atoms with Crippen LogP contribution in [-0.2, 0) is 48.3 Å². The topological polar surface area (TPSA) is 225 Å². The third kappa shape index (κ3) is 6.59. The maximum atomic E-state index is 12.9. The summed E-state index contributed by atoms with van der Waals surface area (Å²) >= 11 is 0. The molecule has 1 saturated heterocycles. The van der Waals surface area contributed by atoms with Crippen molar-refractivity contribution in [3.63, 3.8) is 0 Å². The van der Waals surface area contributed by atoms with E-state index in [4.69, 9.17) is 28.5 Å². The second-order valence-corrected chi connectivity index (χ2v) is 15.9. The van der Waals surface area contributed by atoms with Crippen LogP contribution in [0, 0.1) is 46.3 Å². The quantitative estimate of drug-likeness (QED) is 0.0694. The van der Waals surface area contributed by atoms with E-state index in [9.17, 15) is 37.9 Å². The Morgan fingerprint density at radius 2 is 1.80 bits per heavy atom. The number of fused-ring (bicyclic) bond motifs is 3. The lowest BCUT2D eigenvalue weighted by Crippen LogP contribution is -2.64. The van der Waals surface area contributed by atoms with Crippen LogP contribution in [0.15, 0.2) is 0 Å². The van der Waals surface area contributed by atoms with Gasteiger partial charge in [0.15, 0.2) is 24.6 Å². The largest absolute Gasteiger partial charge is 0.481 e. The standard InChI is InChI=1S/C30H48O15S/c1-14(2)9-22(32)42-25-24(44-46(37,38)39)23(43-45-36)20(13-31)41-28(25)40-17-10-18(27(34)35)19-7-8-30-11-16(15(3)26(30)33)5-6-21(30)29(19,4)12-17/h14-21,23-26,28,31,33,36H,5-13H2,1-4H3,(H,34,35)(H,37,38,39)/t15?,16?,17?,18?,19?,20?,21?,23?,24-,25?,26?,28?,29?,30?/m0/s1. The summed E-state index contributed by atoms with van der Waals surface area (Å²) in [7, 11) is -5.23. The molecule has 4 saturated carbocycles. The van der Waals surface area contributed by atoms with E-state index in [0.29, 0.717) is 18.8 Å². The monoisotopic (exact) mass is 680 g/mol. The Bertz CT molecular complexity index is 1230. The van der Waals surface area contributed by atoms with Crippen LogP contribution in [0.1, 0.15) is 79.1 Å². The van der Waals surface area contributed by atoms with Gasteiger partial charge in [-0.3, -0.25) is 14.1 Å². The number of hydrogen-bond donors (Lipinski definition) is 5. The number of esters is 1. The Morgan fingerprint density at radius 1 is 1.09 bits per heavy atom. The molecule has 13 unspecified atom stereocenters. The van der Waals surface area contributed by atoms with Crippen LogP contribution < -0.4 is 0 Å². The SMILES string of the molecule is CC(C)CC(=O)OC1C(OC2CC(C(=O)O)C3CCC45CC(CCC4C3(C)C2)C(C)C5O)OC(CO)C(OOO)[C@@H]1OS(=O)(=O)O. The zero-order chi connectivity index (χ0) is 33.8. The first-order valence-corrected chi connectivity index (χ1v) is 17.6. The molecule has 264 valence electrons. The van der Waals surface area contributed by atoms with E-state index in [2.05, 4.69) is 18.9 Å². The fourth-order valence-electron chi connectivity index (χ4n) is 10.1. The number of hydrogen-bond acceptors (Lipinski definition) is 13. The number of carbonyl (C=O) groups excluding carboxylic acids is 1. The smallest absolute Gasteiger partial charge is 0.397 e. The van der Waals surface area contributed by atoms with Gasteiger partial charge >= 0.3 is 22.3 Å². The minimum atomic E-state index is -5.23. The molecule has 15 nitrogen and oxygen atoms in total. The molecule has 2 bridgehead atoms. The number of carbonyl (C=O) groups is 2. The summed E-state index contributed by atoms with van der Waals surface area (Å²) < 4.78 is 56.2. The Kier molecular flexibility index (Phi) is 10.5. The molecular weight excluding hydrogens is 632 g/mol. The van der Waals surface area contributed by atoms with Gasteiger partial charge in [0.2, 0.25) is 0 Å². The third-order valence-electron chi connectivity index (χ3n) is 11.9. The van der Waals surface area contributed by atoms with Crippen molar-refractivity contribution in [2.75, 3.05) is 6.61 Å². The number of carboxylic acids is 1. The molecule has 46 heavy (non-hydrogen) atoms. The zero-order valence-corrected chi connectivity index (χ0v) is 27.4. The number of aliphatic carboxylic acids is 1. The van der Waals surface area contributed by atoms with Crippen LogP contribution in [0.3, 0.4) is 0 Å². The lowest BCUT2D eigenvalue weighted by Gasteiger charge is -2.62. The van der Waals surface area contributed by atoms with Gasteiger partial charge in [-0.05, 0) is 80.0 Å². The van der Waals surface area contributed by atoms with Gasteiger partial charge in [-0.15, -0.1) is 0 Å². The molecule has 5 aliphatic rings. The molecule has 0 amide bonds. The molecule has 5 rings (SSSR count). The first-order valence-electron chi connectivity index (χ1n) is 16.2. The number of aliphatic hydroxyl groups is 2. The lowest BCUT2D eigenvalue weighted by atomic mass is 9.43. The number of carboxylic acid groups (broad SMARTS) is 1. The second kappa shape index (κ2) is 13.4. The van der Waals surface area contributed by atoms with Gasteiger partial charge < -0.3 is 29.5 Å². The molecule has 5 N–H and O–H groups in total. The van der Waals surface area contributed by atoms with E-state index in [1.165, 1.54) is 0 Å². The first kappa shape index (κ1) is 35.8. The summed E-state index contributed by atoms with van der Waals surface area (Å²) in [5, 5.41) is 44.8. The number of ether oxygens (including phenoxy) is 3. The number of aliphatic hydroxyl groups excluding tert-OH is 2. The van der Waals surface area contributed by atoms with Crippen LogP contribution in [0.4, 0.5) is 0 Å². The van der Waals surface area contributed by atoms with Crippen molar-refractivity contribution in [1.82, 2.24) is 0 Å². The Morgan fingerprint density at radius 3 is 2.41 bits per heavy atom. The van der Waals surface area contributed by atoms with E-state index in [1.807, 2.05) is 0 Å². The van der Waals surface area contributed by atoms with Crippen molar-refractivity contribution in [2.24, 2.45) is 46.3 Å². The van der Waals surface area contributed by atoms with Crippen LogP contribution in [0.25, 0.3) is 0 Å². The fourth-order valence-corrected chi connectivity index (χ4v) is 10.6. The highest BCUT2D eigenvalue weighted by Crippen LogP contribution is 2.71. The highest BCUT2D eigenvalue weighted by Gasteiger charge is 2.67. The Labute approximate surface area is 268 Å². The van der Waals surface area contributed by atoms with Crippen LogP contribution in [0.2, 0.25) is 0 Å². The summed E-state index contributed by atoms with van der Waals surface area (Å²) in [5.41, 5.74) is -0.865. The molecule has 0 aromatic heterocycles. The number of rotatable bonds is 11. The second-order valence-electron chi connectivity index (χ2n) is 14.8. The molecule has 16 heteroatoms. The highest BCUT2D eigenvalue weighted by molar-refractivity contribution is 7.80. The van der Waals surface area contributed by atoms with E-state index in [1.54, 1.807) is 13.8 Å². The predicted molar refractivity (Wildman–Crippen MR) is 155 cm³/mol. The third-order valence-corrected chi connectivity index (χ3v) is 12.3. The lowest BCUT2D eigenvalue weighted by molar-refractivity contribution is -0.525. The average Bonchev–Trinajstić information content (AvgIpc) is 3.13. The van der Waals surface area contributed by atoms with Crippen molar-refractivity contribution in [3.05, 3.63) is 0 Å². The van der Waals surface area contributed by atoms with E-state index in [-0.39, 0.29) is 41.9 Å².